The summed E-state index contributed by atoms with van der Waals surface area (Å²) in [5, 5.41) is 13.3. The van der Waals surface area contributed by atoms with Gasteiger partial charge < -0.3 is 20.3 Å². The molecule has 118 valence electrons. The Morgan fingerprint density at radius 1 is 1.32 bits per heavy atom. The molecule has 0 radical (unpaired) electrons. The predicted octanol–water partition coefficient (Wildman–Crippen LogP) is 3.18. The smallest absolute Gasteiger partial charge is 0.321 e. The standard InChI is InChI=1S/C17H23N3O2/c1-20(15-5-2-12(11-21)3-6-15)17(22)19-14-4-7-16-13(10-14)8-9-18-16/h4,7-10,12,15,18,21H,2-3,5-6,11H2,1H3,(H,19,22). The highest BCUT2D eigenvalue weighted by molar-refractivity contribution is 5.92. The van der Waals surface area contributed by atoms with E-state index in [1.54, 1.807) is 4.90 Å². The fourth-order valence-corrected chi connectivity index (χ4v) is 3.22. The molecular weight excluding hydrogens is 278 g/mol. The van der Waals surface area contributed by atoms with Crippen molar-refractivity contribution in [3.63, 3.8) is 0 Å². The molecule has 0 atom stereocenters. The van der Waals surface area contributed by atoms with Crippen molar-refractivity contribution in [2.75, 3.05) is 19.0 Å². The number of urea groups is 1. The van der Waals surface area contributed by atoms with E-state index < -0.39 is 0 Å². The number of nitrogens with one attached hydrogen (secondary N) is 2. The van der Waals surface area contributed by atoms with Crippen LogP contribution in [0.3, 0.4) is 0 Å². The molecule has 1 aliphatic rings. The lowest BCUT2D eigenvalue weighted by Crippen LogP contribution is -2.42. The van der Waals surface area contributed by atoms with Gasteiger partial charge in [0.05, 0.1) is 0 Å². The molecule has 1 aromatic carbocycles. The van der Waals surface area contributed by atoms with E-state index in [0.717, 1.165) is 42.3 Å². The number of fused-ring (bicyclic) bond motifs is 1. The number of aliphatic hydroxyl groups excluding tert-OH is 1. The SMILES string of the molecule is CN(C(=O)Nc1ccc2[nH]ccc2c1)C1CCC(CO)CC1. The van der Waals surface area contributed by atoms with E-state index in [1.807, 2.05) is 37.5 Å². The molecule has 3 N–H and O–H groups in total. The molecule has 0 spiro atoms. The Hall–Kier alpha value is -2.01. The fourth-order valence-electron chi connectivity index (χ4n) is 3.22. The number of hydrogen-bond acceptors (Lipinski definition) is 2. The third-order valence-corrected chi connectivity index (χ3v) is 4.75. The summed E-state index contributed by atoms with van der Waals surface area (Å²) in [5.41, 5.74) is 1.88. The number of aliphatic hydroxyl groups is 1. The highest BCUT2D eigenvalue weighted by Crippen LogP contribution is 2.27. The molecule has 1 heterocycles. The number of carbonyl (C=O) groups excluding carboxylic acids is 1. The minimum Gasteiger partial charge on any atom is -0.396 e. The van der Waals surface area contributed by atoms with Crippen molar-refractivity contribution < 1.29 is 9.90 Å². The van der Waals surface area contributed by atoms with E-state index in [1.165, 1.54) is 0 Å². The third-order valence-electron chi connectivity index (χ3n) is 4.75. The number of aromatic nitrogens is 1. The van der Waals surface area contributed by atoms with Crippen molar-refractivity contribution in [2.24, 2.45) is 5.92 Å². The number of H-pyrrole nitrogens is 1. The first-order valence-corrected chi connectivity index (χ1v) is 7.89. The van der Waals surface area contributed by atoms with Gasteiger partial charge in [-0.15, -0.1) is 0 Å². The maximum atomic E-state index is 12.4. The van der Waals surface area contributed by atoms with Crippen molar-refractivity contribution in [1.82, 2.24) is 9.88 Å². The van der Waals surface area contributed by atoms with Crippen LogP contribution in [0, 0.1) is 5.92 Å². The number of carbonyl (C=O) groups is 1. The van der Waals surface area contributed by atoms with Gasteiger partial charge in [0.15, 0.2) is 0 Å². The molecule has 5 heteroatoms. The predicted molar refractivity (Wildman–Crippen MR) is 87.9 cm³/mol. The van der Waals surface area contributed by atoms with Gasteiger partial charge in [0.1, 0.15) is 0 Å². The molecular formula is C17H23N3O2. The molecule has 1 saturated carbocycles. The molecule has 1 fully saturated rings. The second-order valence-electron chi connectivity index (χ2n) is 6.18. The summed E-state index contributed by atoms with van der Waals surface area (Å²) < 4.78 is 0. The second kappa shape index (κ2) is 6.40. The molecule has 2 amide bonds. The Kier molecular flexibility index (Phi) is 4.34. The summed E-state index contributed by atoms with van der Waals surface area (Å²) in [5.74, 6) is 0.406. The maximum absolute atomic E-state index is 12.4. The van der Waals surface area contributed by atoms with Crippen molar-refractivity contribution in [3.8, 4) is 0 Å². The van der Waals surface area contributed by atoms with Crippen LogP contribution in [0.25, 0.3) is 10.9 Å². The van der Waals surface area contributed by atoms with Crippen LogP contribution in [-0.2, 0) is 0 Å². The lowest BCUT2D eigenvalue weighted by atomic mass is 9.86. The van der Waals surface area contributed by atoms with Crippen LogP contribution >= 0.6 is 0 Å². The molecule has 22 heavy (non-hydrogen) atoms. The Morgan fingerprint density at radius 3 is 2.82 bits per heavy atom. The van der Waals surface area contributed by atoms with Gasteiger partial charge in [-0.1, -0.05) is 0 Å². The fraction of sp³-hybridized carbons (Fsp3) is 0.471. The summed E-state index contributed by atoms with van der Waals surface area (Å²) in [4.78, 5) is 17.3. The van der Waals surface area contributed by atoms with E-state index >= 15 is 0 Å². The van der Waals surface area contributed by atoms with Gasteiger partial charge in [-0.05, 0) is 55.9 Å². The average Bonchev–Trinajstić information content (AvgIpc) is 3.02. The molecule has 0 aliphatic heterocycles. The lowest BCUT2D eigenvalue weighted by Gasteiger charge is -2.34. The Balaban J connectivity index is 1.61. The van der Waals surface area contributed by atoms with Crippen LogP contribution in [-0.4, -0.2) is 40.7 Å². The number of nitrogens with zero attached hydrogens (tertiary/aromatic N) is 1. The van der Waals surface area contributed by atoms with Gasteiger partial charge in [-0.2, -0.15) is 0 Å². The Labute approximate surface area is 130 Å². The quantitative estimate of drug-likeness (QED) is 0.815. The van der Waals surface area contributed by atoms with Gasteiger partial charge in [-0.25, -0.2) is 4.79 Å². The van der Waals surface area contributed by atoms with Gasteiger partial charge in [0, 0.05) is 42.5 Å². The number of benzene rings is 1. The van der Waals surface area contributed by atoms with Crippen LogP contribution in [0.1, 0.15) is 25.7 Å². The highest BCUT2D eigenvalue weighted by atomic mass is 16.3. The first kappa shape index (κ1) is 14.9. The van der Waals surface area contributed by atoms with Crippen LogP contribution in [0.15, 0.2) is 30.5 Å². The van der Waals surface area contributed by atoms with Gasteiger partial charge in [0.25, 0.3) is 0 Å². The minimum atomic E-state index is -0.0673. The lowest BCUT2D eigenvalue weighted by molar-refractivity contribution is 0.139. The summed E-state index contributed by atoms with van der Waals surface area (Å²) in [6.45, 7) is 0.263. The van der Waals surface area contributed by atoms with Crippen LogP contribution in [0.2, 0.25) is 0 Å². The minimum absolute atomic E-state index is 0.0673. The van der Waals surface area contributed by atoms with Crippen molar-refractivity contribution >= 4 is 22.6 Å². The largest absolute Gasteiger partial charge is 0.396 e. The van der Waals surface area contributed by atoms with E-state index in [9.17, 15) is 9.90 Å². The highest BCUT2D eigenvalue weighted by Gasteiger charge is 2.26. The van der Waals surface area contributed by atoms with E-state index in [0.29, 0.717) is 5.92 Å². The van der Waals surface area contributed by atoms with E-state index in [-0.39, 0.29) is 18.7 Å². The zero-order chi connectivity index (χ0) is 15.5. The second-order valence-corrected chi connectivity index (χ2v) is 6.18. The number of aromatic amines is 1. The summed E-state index contributed by atoms with van der Waals surface area (Å²) in [7, 11) is 1.86. The normalized spacial score (nSPS) is 21.7. The third kappa shape index (κ3) is 3.09. The molecule has 3 rings (SSSR count). The van der Waals surface area contributed by atoms with Gasteiger partial charge >= 0.3 is 6.03 Å². The molecule has 5 nitrogen and oxygen atoms in total. The Morgan fingerprint density at radius 2 is 2.09 bits per heavy atom. The number of rotatable bonds is 3. The summed E-state index contributed by atoms with van der Waals surface area (Å²) in [6, 6.07) is 8.04. The molecule has 1 aliphatic carbocycles. The molecule has 0 unspecified atom stereocenters. The zero-order valence-electron chi connectivity index (χ0n) is 12.9. The van der Waals surface area contributed by atoms with E-state index in [2.05, 4.69) is 10.3 Å². The van der Waals surface area contributed by atoms with Gasteiger partial charge in [-0.3, -0.25) is 0 Å². The molecule has 2 aromatic rings. The van der Waals surface area contributed by atoms with Gasteiger partial charge in [0.2, 0.25) is 0 Å². The average molecular weight is 301 g/mol. The molecule has 0 saturated heterocycles. The maximum Gasteiger partial charge on any atom is 0.321 e. The summed E-state index contributed by atoms with van der Waals surface area (Å²) in [6.07, 6.45) is 5.81. The first-order valence-electron chi connectivity index (χ1n) is 7.89. The van der Waals surface area contributed by atoms with Crippen LogP contribution < -0.4 is 5.32 Å². The van der Waals surface area contributed by atoms with Crippen LogP contribution in [0.4, 0.5) is 10.5 Å². The Bertz CT molecular complexity index is 644. The van der Waals surface area contributed by atoms with Crippen molar-refractivity contribution in [2.45, 2.75) is 31.7 Å². The summed E-state index contributed by atoms with van der Waals surface area (Å²) >= 11 is 0. The number of amides is 2. The first-order chi connectivity index (χ1) is 10.7. The monoisotopic (exact) mass is 301 g/mol. The zero-order valence-corrected chi connectivity index (χ0v) is 12.9. The topological polar surface area (TPSA) is 68.4 Å². The van der Waals surface area contributed by atoms with Crippen molar-refractivity contribution in [3.05, 3.63) is 30.5 Å². The number of anilines is 1. The number of hydrogen-bond donors (Lipinski definition) is 3. The molecule has 0 bridgehead atoms. The molecule has 1 aromatic heterocycles. The van der Waals surface area contributed by atoms with E-state index in [4.69, 9.17) is 0 Å². The van der Waals surface area contributed by atoms with Crippen LogP contribution in [0.5, 0.6) is 0 Å². The van der Waals surface area contributed by atoms with Crippen molar-refractivity contribution in [1.29, 1.82) is 0 Å².